The van der Waals surface area contributed by atoms with Crippen LogP contribution in [0.25, 0.3) is 0 Å². The van der Waals surface area contributed by atoms with Gasteiger partial charge in [-0.15, -0.1) is 0 Å². The molecule has 0 aliphatic carbocycles. The summed E-state index contributed by atoms with van der Waals surface area (Å²) in [6.45, 7) is 8.51. The third-order valence-electron chi connectivity index (χ3n) is 2.99. The second-order valence-corrected chi connectivity index (χ2v) is 6.26. The maximum atomic E-state index is 12.3. The van der Waals surface area contributed by atoms with Crippen LogP contribution >= 0.6 is 0 Å². The summed E-state index contributed by atoms with van der Waals surface area (Å²) in [5, 5.41) is 12.6. The molecular weight excluding hydrogens is 266 g/mol. The molecule has 118 valence electrons. The molecule has 0 saturated heterocycles. The van der Waals surface area contributed by atoms with Crippen LogP contribution in [-0.2, 0) is 16.0 Å². The van der Waals surface area contributed by atoms with Gasteiger partial charge >= 0.3 is 5.97 Å². The second-order valence-electron chi connectivity index (χ2n) is 6.26. The number of rotatable bonds is 7. The maximum absolute atomic E-state index is 12.3. The zero-order valence-corrected chi connectivity index (χ0v) is 13.5. The van der Waals surface area contributed by atoms with Crippen LogP contribution in [0, 0.1) is 0 Å². The zero-order chi connectivity index (χ0) is 15.9. The smallest absolute Gasteiger partial charge is 0.323 e. The quantitative estimate of drug-likeness (QED) is 0.599. The van der Waals surface area contributed by atoms with Crippen molar-refractivity contribution in [3.63, 3.8) is 0 Å². The van der Waals surface area contributed by atoms with Gasteiger partial charge in [-0.25, -0.2) is 0 Å². The topological polar surface area (TPSA) is 58.6 Å². The molecule has 1 atom stereocenters. The predicted molar refractivity (Wildman–Crippen MR) is 84.4 cm³/mol. The highest BCUT2D eigenvalue weighted by Gasteiger charge is 2.24. The fourth-order valence-corrected chi connectivity index (χ4v) is 1.93. The number of phenolic OH excluding ortho intramolecular Hbond substituents is 1. The summed E-state index contributed by atoms with van der Waals surface area (Å²) >= 11 is 0. The Morgan fingerprint density at radius 3 is 2.43 bits per heavy atom. The van der Waals surface area contributed by atoms with Crippen molar-refractivity contribution in [3.8, 4) is 5.75 Å². The van der Waals surface area contributed by atoms with Crippen molar-refractivity contribution < 1.29 is 14.6 Å². The number of phenols is 1. The van der Waals surface area contributed by atoms with Crippen LogP contribution in [0.1, 0.15) is 46.1 Å². The standard InChI is InChI=1S/C17H27NO3/c1-5-6-11-18-15(16(20)21-17(2,3)4)12-13-7-9-14(19)10-8-13/h7-10,15,18-19H,5-6,11-12H2,1-4H3/t15-/m0/s1. The molecule has 0 aliphatic heterocycles. The minimum atomic E-state index is -0.489. The third-order valence-corrected chi connectivity index (χ3v) is 2.99. The Morgan fingerprint density at radius 2 is 1.90 bits per heavy atom. The lowest BCUT2D eigenvalue weighted by atomic mass is 10.0. The van der Waals surface area contributed by atoms with Crippen LogP contribution in [0.2, 0.25) is 0 Å². The first-order valence-electron chi connectivity index (χ1n) is 7.56. The number of aromatic hydroxyl groups is 1. The number of hydrogen-bond acceptors (Lipinski definition) is 4. The Kier molecular flexibility index (Phi) is 6.69. The first-order chi connectivity index (χ1) is 9.81. The summed E-state index contributed by atoms with van der Waals surface area (Å²) in [6.07, 6.45) is 2.65. The van der Waals surface area contributed by atoms with Crippen LogP contribution in [0.3, 0.4) is 0 Å². The average Bonchev–Trinajstić information content (AvgIpc) is 2.38. The number of benzene rings is 1. The van der Waals surface area contributed by atoms with Crippen LogP contribution in [0.15, 0.2) is 24.3 Å². The van der Waals surface area contributed by atoms with Gasteiger partial charge in [0.25, 0.3) is 0 Å². The van der Waals surface area contributed by atoms with Crippen molar-refractivity contribution in [1.29, 1.82) is 0 Å². The molecule has 0 fully saturated rings. The fraction of sp³-hybridized carbons (Fsp3) is 0.588. The molecular formula is C17H27NO3. The van der Waals surface area contributed by atoms with Crippen molar-refractivity contribution in [1.82, 2.24) is 5.32 Å². The number of unbranched alkanes of at least 4 members (excludes halogenated alkanes) is 1. The van der Waals surface area contributed by atoms with Gasteiger partial charge in [-0.3, -0.25) is 4.79 Å². The highest BCUT2D eigenvalue weighted by molar-refractivity contribution is 5.76. The molecule has 0 bridgehead atoms. The van der Waals surface area contributed by atoms with Gasteiger partial charge in [0.1, 0.15) is 17.4 Å². The molecule has 4 heteroatoms. The molecule has 2 N–H and O–H groups in total. The Morgan fingerprint density at radius 1 is 1.29 bits per heavy atom. The Labute approximate surface area is 127 Å². The van der Waals surface area contributed by atoms with Gasteiger partial charge in [-0.05, 0) is 57.9 Å². The first kappa shape index (κ1) is 17.5. The van der Waals surface area contributed by atoms with E-state index in [2.05, 4.69) is 12.2 Å². The van der Waals surface area contributed by atoms with Crippen LogP contribution in [-0.4, -0.2) is 29.3 Å². The van der Waals surface area contributed by atoms with Gasteiger partial charge in [0.2, 0.25) is 0 Å². The molecule has 0 unspecified atom stereocenters. The number of nitrogens with one attached hydrogen (secondary N) is 1. The van der Waals surface area contributed by atoms with Crippen molar-refractivity contribution in [3.05, 3.63) is 29.8 Å². The van der Waals surface area contributed by atoms with Crippen molar-refractivity contribution >= 4 is 5.97 Å². The Balaban J connectivity index is 2.71. The molecule has 4 nitrogen and oxygen atoms in total. The molecule has 0 saturated carbocycles. The van der Waals surface area contributed by atoms with Crippen LogP contribution in [0.5, 0.6) is 5.75 Å². The largest absolute Gasteiger partial charge is 0.508 e. The molecule has 0 spiro atoms. The Bertz CT molecular complexity index is 434. The molecule has 0 heterocycles. The van der Waals surface area contributed by atoms with E-state index in [9.17, 15) is 9.90 Å². The van der Waals surface area contributed by atoms with Crippen molar-refractivity contribution in [2.75, 3.05) is 6.54 Å². The monoisotopic (exact) mass is 293 g/mol. The van der Waals surface area contributed by atoms with Gasteiger partial charge in [-0.2, -0.15) is 0 Å². The van der Waals surface area contributed by atoms with E-state index < -0.39 is 5.60 Å². The summed E-state index contributed by atoms with van der Waals surface area (Å²) < 4.78 is 5.48. The lowest BCUT2D eigenvalue weighted by Crippen LogP contribution is -2.43. The third kappa shape index (κ3) is 7.14. The molecule has 0 aliphatic rings. The lowest BCUT2D eigenvalue weighted by Gasteiger charge is -2.24. The second kappa shape index (κ2) is 8.03. The molecule has 1 aromatic rings. The molecule has 0 aromatic heterocycles. The lowest BCUT2D eigenvalue weighted by molar-refractivity contribution is -0.157. The summed E-state index contributed by atoms with van der Waals surface area (Å²) in [7, 11) is 0. The van der Waals surface area contributed by atoms with Gasteiger partial charge in [-0.1, -0.05) is 25.5 Å². The minimum Gasteiger partial charge on any atom is -0.508 e. The van der Waals surface area contributed by atoms with E-state index in [0.29, 0.717) is 6.42 Å². The SMILES string of the molecule is CCCCN[C@@H](Cc1ccc(O)cc1)C(=O)OC(C)(C)C. The van der Waals surface area contributed by atoms with Gasteiger partial charge < -0.3 is 15.2 Å². The van der Waals surface area contributed by atoms with Gasteiger partial charge in [0, 0.05) is 0 Å². The van der Waals surface area contributed by atoms with E-state index >= 15 is 0 Å². The van der Waals surface area contributed by atoms with E-state index in [1.807, 2.05) is 32.9 Å². The summed E-state index contributed by atoms with van der Waals surface area (Å²) in [4.78, 5) is 12.3. The number of hydrogen-bond donors (Lipinski definition) is 2. The molecule has 21 heavy (non-hydrogen) atoms. The minimum absolute atomic E-state index is 0.228. The zero-order valence-electron chi connectivity index (χ0n) is 13.5. The summed E-state index contributed by atoms with van der Waals surface area (Å²) in [6, 6.07) is 6.56. The summed E-state index contributed by atoms with van der Waals surface area (Å²) in [5.74, 6) is -0.00168. The van der Waals surface area contributed by atoms with E-state index in [0.717, 1.165) is 24.9 Å². The maximum Gasteiger partial charge on any atom is 0.323 e. The van der Waals surface area contributed by atoms with Gasteiger partial charge in [0.05, 0.1) is 0 Å². The number of esters is 1. The normalized spacial score (nSPS) is 13.0. The van der Waals surface area contributed by atoms with Crippen LogP contribution in [0.4, 0.5) is 0 Å². The summed E-state index contributed by atoms with van der Waals surface area (Å²) in [5.41, 5.74) is 0.504. The number of carbonyl (C=O) groups is 1. The van der Waals surface area contributed by atoms with Crippen LogP contribution < -0.4 is 5.32 Å². The highest BCUT2D eigenvalue weighted by Crippen LogP contribution is 2.14. The molecule has 0 radical (unpaired) electrons. The van der Waals surface area contributed by atoms with E-state index in [1.165, 1.54) is 0 Å². The number of ether oxygens (including phenoxy) is 1. The predicted octanol–water partition coefficient (Wildman–Crippen LogP) is 3.03. The van der Waals surface area contributed by atoms with E-state index in [4.69, 9.17) is 4.74 Å². The number of carbonyl (C=O) groups excluding carboxylic acids is 1. The Hall–Kier alpha value is -1.55. The fourth-order valence-electron chi connectivity index (χ4n) is 1.93. The van der Waals surface area contributed by atoms with E-state index in [1.54, 1.807) is 12.1 Å². The van der Waals surface area contributed by atoms with Crippen molar-refractivity contribution in [2.24, 2.45) is 0 Å². The molecule has 0 amide bonds. The van der Waals surface area contributed by atoms with Crippen molar-refractivity contribution in [2.45, 2.75) is 58.6 Å². The average molecular weight is 293 g/mol. The van der Waals surface area contributed by atoms with Gasteiger partial charge in [0.15, 0.2) is 0 Å². The van der Waals surface area contributed by atoms with E-state index in [-0.39, 0.29) is 17.8 Å². The highest BCUT2D eigenvalue weighted by atomic mass is 16.6. The molecule has 1 rings (SSSR count). The first-order valence-corrected chi connectivity index (χ1v) is 7.56. The molecule has 1 aromatic carbocycles.